The Morgan fingerprint density at radius 2 is 2.31 bits per heavy atom. The number of H-pyrrole nitrogens is 1. The number of carboxylic acid groups (broad SMARTS) is 1. The molecule has 0 radical (unpaired) electrons. The lowest BCUT2D eigenvalue weighted by atomic mass is 10.1. The Kier molecular flexibility index (Phi) is 2.72. The second-order valence-electron chi connectivity index (χ2n) is 3.68. The van der Waals surface area contributed by atoms with E-state index in [0.717, 1.165) is 16.8 Å². The highest BCUT2D eigenvalue weighted by Gasteiger charge is 2.06. The van der Waals surface area contributed by atoms with Gasteiger partial charge in [-0.25, -0.2) is 4.98 Å². The van der Waals surface area contributed by atoms with Crippen LogP contribution in [-0.4, -0.2) is 21.0 Å². The van der Waals surface area contributed by atoms with E-state index < -0.39 is 5.97 Å². The number of rotatable bonds is 3. The maximum absolute atomic E-state index is 10.5. The van der Waals surface area contributed by atoms with Crippen LogP contribution in [0.15, 0.2) is 30.5 Å². The molecule has 0 saturated heterocycles. The third kappa shape index (κ3) is 2.28. The van der Waals surface area contributed by atoms with Gasteiger partial charge in [0.25, 0.3) is 0 Å². The number of nitrogens with one attached hydrogen (secondary N) is 1. The first-order chi connectivity index (χ1) is 7.65. The molecule has 4 heteroatoms. The largest absolute Gasteiger partial charge is 0.481 e. The van der Waals surface area contributed by atoms with Crippen LogP contribution in [-0.2, 0) is 11.2 Å². The Morgan fingerprint density at radius 3 is 3.00 bits per heavy atom. The van der Waals surface area contributed by atoms with Gasteiger partial charge in [-0.1, -0.05) is 23.8 Å². The van der Waals surface area contributed by atoms with Crippen LogP contribution >= 0.6 is 0 Å². The van der Waals surface area contributed by atoms with E-state index in [-0.39, 0.29) is 6.42 Å². The fourth-order valence-electron chi connectivity index (χ4n) is 1.55. The van der Waals surface area contributed by atoms with Crippen molar-refractivity contribution in [2.45, 2.75) is 13.3 Å². The zero-order valence-corrected chi connectivity index (χ0v) is 8.90. The molecule has 1 aromatic carbocycles. The third-order valence-corrected chi connectivity index (χ3v) is 2.28. The minimum Gasteiger partial charge on any atom is -0.481 e. The minimum atomic E-state index is -0.884. The lowest BCUT2D eigenvalue weighted by Crippen LogP contribution is -2.01. The summed E-state index contributed by atoms with van der Waals surface area (Å²) in [4.78, 5) is 17.5. The summed E-state index contributed by atoms with van der Waals surface area (Å²) < 4.78 is 0. The second-order valence-corrected chi connectivity index (χ2v) is 3.68. The van der Waals surface area contributed by atoms with E-state index in [0.29, 0.717) is 5.82 Å². The zero-order valence-electron chi connectivity index (χ0n) is 8.90. The molecule has 2 rings (SSSR count). The van der Waals surface area contributed by atoms with Gasteiger partial charge >= 0.3 is 5.97 Å². The molecule has 0 amide bonds. The zero-order chi connectivity index (χ0) is 11.5. The van der Waals surface area contributed by atoms with Gasteiger partial charge in [0.1, 0.15) is 12.2 Å². The number of aryl methyl sites for hydroxylation is 1. The van der Waals surface area contributed by atoms with E-state index in [9.17, 15) is 4.79 Å². The SMILES string of the molecule is Cc1cccc(-c2cnc(CC(=O)O)[nH]2)c1. The molecule has 0 aliphatic heterocycles. The van der Waals surface area contributed by atoms with Crippen LogP contribution < -0.4 is 0 Å². The average molecular weight is 216 g/mol. The molecule has 0 aliphatic carbocycles. The summed E-state index contributed by atoms with van der Waals surface area (Å²) in [6.45, 7) is 2.01. The summed E-state index contributed by atoms with van der Waals surface area (Å²) in [7, 11) is 0. The summed E-state index contributed by atoms with van der Waals surface area (Å²) >= 11 is 0. The summed E-state index contributed by atoms with van der Waals surface area (Å²) in [5, 5.41) is 8.63. The number of aliphatic carboxylic acids is 1. The van der Waals surface area contributed by atoms with Crippen LogP contribution in [0.2, 0.25) is 0 Å². The molecular formula is C12H12N2O2. The third-order valence-electron chi connectivity index (χ3n) is 2.28. The van der Waals surface area contributed by atoms with Crippen molar-refractivity contribution in [1.82, 2.24) is 9.97 Å². The maximum atomic E-state index is 10.5. The van der Waals surface area contributed by atoms with E-state index in [1.807, 2.05) is 31.2 Å². The minimum absolute atomic E-state index is 0.0776. The summed E-state index contributed by atoms with van der Waals surface area (Å²) in [5.74, 6) is -0.408. The Bertz CT molecular complexity index is 517. The lowest BCUT2D eigenvalue weighted by molar-refractivity contribution is -0.136. The highest BCUT2D eigenvalue weighted by Crippen LogP contribution is 2.18. The molecule has 1 aromatic heterocycles. The number of nitrogens with zero attached hydrogens (tertiary/aromatic N) is 1. The number of carboxylic acids is 1. The molecule has 2 N–H and O–H groups in total. The molecule has 16 heavy (non-hydrogen) atoms. The van der Waals surface area contributed by atoms with E-state index in [4.69, 9.17) is 5.11 Å². The number of imidazole rings is 1. The average Bonchev–Trinajstić information content (AvgIpc) is 2.65. The first-order valence-corrected chi connectivity index (χ1v) is 4.98. The summed E-state index contributed by atoms with van der Waals surface area (Å²) in [5.41, 5.74) is 3.02. The Morgan fingerprint density at radius 1 is 1.50 bits per heavy atom. The van der Waals surface area contributed by atoms with Crippen molar-refractivity contribution in [2.75, 3.05) is 0 Å². The van der Waals surface area contributed by atoms with Crippen LogP contribution in [0.5, 0.6) is 0 Å². The van der Waals surface area contributed by atoms with Crippen LogP contribution in [0.25, 0.3) is 11.3 Å². The maximum Gasteiger partial charge on any atom is 0.311 e. The van der Waals surface area contributed by atoms with Crippen molar-refractivity contribution in [1.29, 1.82) is 0 Å². The molecule has 0 fully saturated rings. The first kappa shape index (κ1) is 10.4. The topological polar surface area (TPSA) is 66.0 Å². The summed E-state index contributed by atoms with van der Waals surface area (Å²) in [6.07, 6.45) is 1.58. The molecular weight excluding hydrogens is 204 g/mol. The van der Waals surface area contributed by atoms with Gasteiger partial charge in [0.2, 0.25) is 0 Å². The fourth-order valence-corrected chi connectivity index (χ4v) is 1.55. The number of aromatic nitrogens is 2. The fraction of sp³-hybridized carbons (Fsp3) is 0.167. The van der Waals surface area contributed by atoms with Crippen LogP contribution in [0, 0.1) is 6.92 Å². The van der Waals surface area contributed by atoms with Crippen molar-refractivity contribution in [2.24, 2.45) is 0 Å². The molecule has 0 spiro atoms. The van der Waals surface area contributed by atoms with E-state index >= 15 is 0 Å². The van der Waals surface area contributed by atoms with E-state index in [1.165, 1.54) is 0 Å². The van der Waals surface area contributed by atoms with Crippen molar-refractivity contribution in [3.05, 3.63) is 41.9 Å². The molecule has 0 aliphatic rings. The number of benzene rings is 1. The Labute approximate surface area is 93.0 Å². The van der Waals surface area contributed by atoms with Crippen LogP contribution in [0.3, 0.4) is 0 Å². The normalized spacial score (nSPS) is 10.3. The monoisotopic (exact) mass is 216 g/mol. The second kappa shape index (κ2) is 4.18. The summed E-state index contributed by atoms with van der Waals surface area (Å²) in [6, 6.07) is 7.96. The predicted molar refractivity (Wildman–Crippen MR) is 60.1 cm³/mol. The van der Waals surface area contributed by atoms with Crippen LogP contribution in [0.1, 0.15) is 11.4 Å². The molecule has 0 atom stereocenters. The molecule has 0 unspecified atom stereocenters. The van der Waals surface area contributed by atoms with Gasteiger partial charge in [-0.05, 0) is 18.6 Å². The first-order valence-electron chi connectivity index (χ1n) is 4.98. The molecule has 0 bridgehead atoms. The number of hydrogen-bond acceptors (Lipinski definition) is 2. The van der Waals surface area contributed by atoms with Gasteiger partial charge in [-0.3, -0.25) is 4.79 Å². The predicted octanol–water partition coefficient (Wildman–Crippen LogP) is 2.01. The quantitative estimate of drug-likeness (QED) is 0.824. The van der Waals surface area contributed by atoms with Gasteiger partial charge in [-0.15, -0.1) is 0 Å². The van der Waals surface area contributed by atoms with Crippen molar-refractivity contribution in [3.8, 4) is 11.3 Å². The van der Waals surface area contributed by atoms with Gasteiger partial charge in [0, 0.05) is 0 Å². The number of carbonyl (C=O) groups is 1. The van der Waals surface area contributed by atoms with Gasteiger partial charge in [0.15, 0.2) is 0 Å². The van der Waals surface area contributed by atoms with Crippen molar-refractivity contribution in [3.63, 3.8) is 0 Å². The molecule has 0 saturated carbocycles. The smallest absolute Gasteiger partial charge is 0.311 e. The molecule has 82 valence electrons. The Balaban J connectivity index is 2.28. The van der Waals surface area contributed by atoms with Crippen molar-refractivity contribution >= 4 is 5.97 Å². The Hall–Kier alpha value is -2.10. The van der Waals surface area contributed by atoms with Gasteiger partial charge in [0.05, 0.1) is 11.9 Å². The van der Waals surface area contributed by atoms with Gasteiger partial charge in [-0.2, -0.15) is 0 Å². The number of aromatic amines is 1. The van der Waals surface area contributed by atoms with E-state index in [2.05, 4.69) is 9.97 Å². The highest BCUT2D eigenvalue weighted by molar-refractivity contribution is 5.69. The van der Waals surface area contributed by atoms with Crippen molar-refractivity contribution < 1.29 is 9.90 Å². The van der Waals surface area contributed by atoms with Crippen LogP contribution in [0.4, 0.5) is 0 Å². The highest BCUT2D eigenvalue weighted by atomic mass is 16.4. The van der Waals surface area contributed by atoms with Gasteiger partial charge < -0.3 is 10.1 Å². The number of hydrogen-bond donors (Lipinski definition) is 2. The molecule has 2 aromatic rings. The standard InChI is InChI=1S/C12H12N2O2/c1-8-3-2-4-9(5-8)10-7-13-11(14-10)6-12(15)16/h2-5,7H,6H2,1H3,(H,13,14)(H,15,16). The van der Waals surface area contributed by atoms with E-state index in [1.54, 1.807) is 6.20 Å². The molecule has 1 heterocycles. The lowest BCUT2D eigenvalue weighted by Gasteiger charge is -1.98. The molecule has 4 nitrogen and oxygen atoms in total.